The average molecular weight is 481 g/mol. The van der Waals surface area contributed by atoms with E-state index in [4.69, 9.17) is 4.74 Å². The first-order chi connectivity index (χ1) is 16.7. The minimum absolute atomic E-state index is 0.137. The van der Waals surface area contributed by atoms with Gasteiger partial charge in [0.2, 0.25) is 0 Å². The highest BCUT2D eigenvalue weighted by Crippen LogP contribution is 2.34. The van der Waals surface area contributed by atoms with Gasteiger partial charge in [-0.05, 0) is 69.9 Å². The molecule has 5 rings (SSSR count). The van der Waals surface area contributed by atoms with Crippen molar-refractivity contribution in [2.75, 3.05) is 25.0 Å². The standard InChI is InChI=1S/C25H29FN6O3/c1-25(2,3)35-24(34)31-11-4-6-20(31)16-12-17-15-32(29-22(17)27-14-16)21-13-18(7-8-19(21)26)28-23(33)30-9-5-10-30/h7-8,12-15,20H,4-6,9-11H2,1-3H3,(H,28,33). The van der Waals surface area contributed by atoms with Gasteiger partial charge in [-0.1, -0.05) is 0 Å². The van der Waals surface area contributed by atoms with Crippen molar-refractivity contribution in [3.05, 3.63) is 48.0 Å². The minimum atomic E-state index is -0.569. The van der Waals surface area contributed by atoms with Gasteiger partial charge in [-0.3, -0.25) is 0 Å². The molecule has 3 amide bonds. The number of nitrogens with zero attached hydrogens (tertiary/aromatic N) is 5. The number of amides is 3. The van der Waals surface area contributed by atoms with Crippen molar-refractivity contribution in [1.82, 2.24) is 24.6 Å². The molecule has 2 saturated heterocycles. The van der Waals surface area contributed by atoms with Gasteiger partial charge in [0, 0.05) is 43.1 Å². The molecule has 9 nitrogen and oxygen atoms in total. The number of likely N-dealkylation sites (tertiary alicyclic amines) is 2. The molecule has 1 aromatic carbocycles. The third-order valence-corrected chi connectivity index (χ3v) is 6.23. The SMILES string of the molecule is CC(C)(C)OC(=O)N1CCCC1c1cnc2nn(-c3cc(NC(=O)N4CCC4)ccc3F)cc2c1. The number of carbonyl (C=O) groups is 2. The summed E-state index contributed by atoms with van der Waals surface area (Å²) in [5.74, 6) is -0.466. The predicted molar refractivity (Wildman–Crippen MR) is 129 cm³/mol. The Hall–Kier alpha value is -3.69. The summed E-state index contributed by atoms with van der Waals surface area (Å²) in [4.78, 5) is 32.8. The Balaban J connectivity index is 1.40. The van der Waals surface area contributed by atoms with Crippen LogP contribution in [0.5, 0.6) is 0 Å². The van der Waals surface area contributed by atoms with Crippen LogP contribution < -0.4 is 5.32 Å². The molecule has 2 fully saturated rings. The quantitative estimate of drug-likeness (QED) is 0.577. The third kappa shape index (κ3) is 4.78. The van der Waals surface area contributed by atoms with Gasteiger partial charge >= 0.3 is 12.1 Å². The first kappa shape index (κ1) is 23.1. The first-order valence-corrected chi connectivity index (χ1v) is 11.9. The van der Waals surface area contributed by atoms with Crippen molar-refractivity contribution in [2.45, 2.75) is 51.7 Å². The highest BCUT2D eigenvalue weighted by atomic mass is 19.1. The Kier molecular flexibility index (Phi) is 5.82. The summed E-state index contributed by atoms with van der Waals surface area (Å²) in [6.07, 6.45) is 5.77. The maximum absolute atomic E-state index is 14.7. The highest BCUT2D eigenvalue weighted by Gasteiger charge is 2.33. The maximum atomic E-state index is 14.7. The zero-order valence-electron chi connectivity index (χ0n) is 20.1. The number of urea groups is 1. The van der Waals surface area contributed by atoms with Crippen LogP contribution in [-0.4, -0.2) is 61.9 Å². The fraction of sp³-hybridized carbons (Fsp3) is 0.440. The van der Waals surface area contributed by atoms with Crippen LogP contribution in [0, 0.1) is 5.82 Å². The molecule has 2 aliphatic heterocycles. The van der Waals surface area contributed by atoms with Gasteiger partial charge in [0.1, 0.15) is 17.1 Å². The van der Waals surface area contributed by atoms with Crippen molar-refractivity contribution in [2.24, 2.45) is 0 Å². The van der Waals surface area contributed by atoms with E-state index in [1.807, 2.05) is 26.8 Å². The second-order valence-corrected chi connectivity index (χ2v) is 10.0. The molecule has 2 aliphatic rings. The van der Waals surface area contributed by atoms with Crippen LogP contribution in [0.4, 0.5) is 19.7 Å². The minimum Gasteiger partial charge on any atom is -0.444 e. The lowest BCUT2D eigenvalue weighted by Crippen LogP contribution is -2.44. The average Bonchev–Trinajstić information content (AvgIpc) is 3.39. The Morgan fingerprint density at radius 3 is 2.66 bits per heavy atom. The molecule has 0 saturated carbocycles. The molecule has 1 N–H and O–H groups in total. The molecule has 184 valence electrons. The van der Waals surface area contributed by atoms with Crippen molar-refractivity contribution in [3.8, 4) is 5.69 Å². The van der Waals surface area contributed by atoms with Crippen LogP contribution in [0.3, 0.4) is 0 Å². The summed E-state index contributed by atoms with van der Waals surface area (Å²) >= 11 is 0. The van der Waals surface area contributed by atoms with E-state index in [0.717, 1.165) is 43.3 Å². The monoisotopic (exact) mass is 480 g/mol. The van der Waals surface area contributed by atoms with Crippen LogP contribution in [-0.2, 0) is 4.74 Å². The molecule has 10 heteroatoms. The fourth-order valence-electron chi connectivity index (χ4n) is 4.38. The van der Waals surface area contributed by atoms with Gasteiger partial charge in [-0.15, -0.1) is 5.10 Å². The Morgan fingerprint density at radius 2 is 1.94 bits per heavy atom. The molecular formula is C25H29FN6O3. The number of pyridine rings is 1. The second-order valence-electron chi connectivity index (χ2n) is 10.0. The number of benzene rings is 1. The zero-order valence-corrected chi connectivity index (χ0v) is 20.1. The van der Waals surface area contributed by atoms with Crippen molar-refractivity contribution >= 4 is 28.8 Å². The summed E-state index contributed by atoms with van der Waals surface area (Å²) in [5, 5.41) is 7.97. The summed E-state index contributed by atoms with van der Waals surface area (Å²) in [7, 11) is 0. The topological polar surface area (TPSA) is 92.6 Å². The van der Waals surface area contributed by atoms with Crippen molar-refractivity contribution in [1.29, 1.82) is 0 Å². The van der Waals surface area contributed by atoms with Crippen molar-refractivity contribution < 1.29 is 18.7 Å². The molecule has 35 heavy (non-hydrogen) atoms. The number of ether oxygens (including phenoxy) is 1. The zero-order chi connectivity index (χ0) is 24.7. The summed E-state index contributed by atoms with van der Waals surface area (Å²) in [6.45, 7) is 7.63. The van der Waals surface area contributed by atoms with Gasteiger partial charge in [0.15, 0.2) is 5.65 Å². The number of nitrogens with one attached hydrogen (secondary N) is 1. The Bertz CT molecular complexity index is 1280. The normalized spacial score (nSPS) is 18.0. The maximum Gasteiger partial charge on any atom is 0.410 e. The molecule has 1 atom stereocenters. The van der Waals surface area contributed by atoms with E-state index in [2.05, 4.69) is 15.4 Å². The highest BCUT2D eigenvalue weighted by molar-refractivity contribution is 5.90. The molecule has 2 aromatic heterocycles. The lowest BCUT2D eigenvalue weighted by Gasteiger charge is -2.30. The number of hydrogen-bond donors (Lipinski definition) is 1. The van der Waals surface area contributed by atoms with E-state index >= 15 is 0 Å². The Morgan fingerprint density at radius 1 is 1.14 bits per heavy atom. The molecular weight excluding hydrogens is 451 g/mol. The van der Waals surface area contributed by atoms with Crippen LogP contribution in [0.25, 0.3) is 16.7 Å². The lowest BCUT2D eigenvalue weighted by molar-refractivity contribution is 0.0224. The van der Waals surface area contributed by atoms with E-state index in [-0.39, 0.29) is 23.9 Å². The van der Waals surface area contributed by atoms with Crippen molar-refractivity contribution in [3.63, 3.8) is 0 Å². The number of rotatable bonds is 3. The third-order valence-electron chi connectivity index (χ3n) is 6.23. The summed E-state index contributed by atoms with van der Waals surface area (Å²) in [6, 6.07) is 6.00. The number of halogens is 1. The van der Waals surface area contributed by atoms with E-state index in [9.17, 15) is 14.0 Å². The molecule has 3 aromatic rings. The van der Waals surface area contributed by atoms with Gasteiger partial charge in [0.05, 0.1) is 6.04 Å². The predicted octanol–water partition coefficient (Wildman–Crippen LogP) is 4.87. The van der Waals surface area contributed by atoms with E-state index < -0.39 is 11.4 Å². The molecule has 4 heterocycles. The van der Waals surface area contributed by atoms with Crippen LogP contribution in [0.2, 0.25) is 0 Å². The molecule has 0 radical (unpaired) electrons. The molecule has 0 spiro atoms. The largest absolute Gasteiger partial charge is 0.444 e. The first-order valence-electron chi connectivity index (χ1n) is 11.9. The van der Waals surface area contributed by atoms with Gasteiger partial charge in [-0.2, -0.15) is 0 Å². The lowest BCUT2D eigenvalue weighted by atomic mass is 10.1. The van der Waals surface area contributed by atoms with Crippen LogP contribution >= 0.6 is 0 Å². The summed E-state index contributed by atoms with van der Waals surface area (Å²) in [5.41, 5.74) is 1.48. The van der Waals surface area contributed by atoms with Crippen LogP contribution in [0.15, 0.2) is 36.7 Å². The molecule has 0 bridgehead atoms. The number of carbonyl (C=O) groups excluding carboxylic acids is 2. The number of fused-ring (bicyclic) bond motifs is 1. The summed E-state index contributed by atoms with van der Waals surface area (Å²) < 4.78 is 21.7. The van der Waals surface area contributed by atoms with Gasteiger partial charge in [0.25, 0.3) is 0 Å². The Labute approximate surface area is 202 Å². The molecule has 1 unspecified atom stereocenters. The molecule has 0 aliphatic carbocycles. The second kappa shape index (κ2) is 8.83. The smallest absolute Gasteiger partial charge is 0.410 e. The van der Waals surface area contributed by atoms with Gasteiger partial charge < -0.3 is 19.9 Å². The van der Waals surface area contributed by atoms with E-state index in [1.165, 1.54) is 16.8 Å². The number of aromatic nitrogens is 3. The number of anilines is 1. The van der Waals surface area contributed by atoms with Crippen LogP contribution in [0.1, 0.15) is 51.6 Å². The van der Waals surface area contributed by atoms with Gasteiger partial charge in [-0.25, -0.2) is 23.6 Å². The fourth-order valence-corrected chi connectivity index (χ4v) is 4.38. The van der Waals surface area contributed by atoms with E-state index in [0.29, 0.717) is 17.9 Å². The van der Waals surface area contributed by atoms with E-state index in [1.54, 1.807) is 28.3 Å². The number of hydrogen-bond acceptors (Lipinski definition) is 5.